The van der Waals surface area contributed by atoms with E-state index in [0.29, 0.717) is 33.2 Å². The van der Waals surface area contributed by atoms with Gasteiger partial charge in [0.2, 0.25) is 0 Å². The van der Waals surface area contributed by atoms with Gasteiger partial charge in [-0.05, 0) is 84.7 Å². The molecule has 1 heterocycles. The van der Waals surface area contributed by atoms with E-state index in [1.54, 1.807) is 43.3 Å². The minimum Gasteiger partial charge on any atom is -0.334 e. The van der Waals surface area contributed by atoms with Gasteiger partial charge in [-0.15, -0.1) is 0 Å². The lowest BCUT2D eigenvalue weighted by molar-refractivity contribution is -0.117. The number of hydrogen-bond acceptors (Lipinski definition) is 6. The van der Waals surface area contributed by atoms with Crippen LogP contribution in [0.25, 0.3) is 11.5 Å². The Bertz CT molecular complexity index is 1670. The van der Waals surface area contributed by atoms with Gasteiger partial charge in [0.1, 0.15) is 5.78 Å². The number of hydrogen-bond donors (Lipinski definition) is 0. The summed E-state index contributed by atoms with van der Waals surface area (Å²) in [6.45, 7) is 1.60. The molecule has 6 rings (SSSR count). The molecule has 2 aliphatic carbocycles. The first-order valence-corrected chi connectivity index (χ1v) is 15.9. The van der Waals surface area contributed by atoms with E-state index in [-0.39, 0.29) is 29.3 Å². The number of aromatic nitrogens is 2. The lowest BCUT2D eigenvalue weighted by atomic mass is 9.92. The molecule has 40 heavy (non-hydrogen) atoms. The Kier molecular flexibility index (Phi) is 7.09. The normalized spacial score (nSPS) is 16.2. The quantitative estimate of drug-likeness (QED) is 0.194. The molecule has 6 nitrogen and oxygen atoms in total. The van der Waals surface area contributed by atoms with Crippen molar-refractivity contribution < 1.29 is 17.7 Å². The molecule has 0 spiro atoms. The van der Waals surface area contributed by atoms with Crippen molar-refractivity contribution in [2.24, 2.45) is 0 Å². The Hall–Kier alpha value is -3.00. The molecule has 1 aromatic heterocycles. The van der Waals surface area contributed by atoms with Crippen molar-refractivity contribution >= 4 is 38.8 Å². The van der Waals surface area contributed by atoms with Crippen LogP contribution in [0.5, 0.6) is 0 Å². The van der Waals surface area contributed by atoms with Crippen LogP contribution in [0.1, 0.15) is 66.6 Å². The smallest absolute Gasteiger partial charge is 0.257 e. The summed E-state index contributed by atoms with van der Waals surface area (Å²) < 4.78 is 29.7. The van der Waals surface area contributed by atoms with Crippen LogP contribution in [0, 0.1) is 0 Å². The van der Waals surface area contributed by atoms with Gasteiger partial charge < -0.3 is 4.52 Å². The Morgan fingerprint density at radius 3 is 2.15 bits per heavy atom. The van der Waals surface area contributed by atoms with Gasteiger partial charge in [-0.25, -0.2) is 8.42 Å². The van der Waals surface area contributed by atoms with Crippen molar-refractivity contribution in [3.63, 3.8) is 0 Å². The maximum absolute atomic E-state index is 12.8. The van der Waals surface area contributed by atoms with Crippen LogP contribution < -0.4 is 0 Å². The van der Waals surface area contributed by atoms with Gasteiger partial charge in [0.25, 0.3) is 5.89 Å². The first-order chi connectivity index (χ1) is 19.2. The second kappa shape index (κ2) is 10.4. The highest BCUT2D eigenvalue weighted by molar-refractivity contribution is 7.91. The molecule has 206 valence electrons. The maximum Gasteiger partial charge on any atom is 0.257 e. The zero-order chi connectivity index (χ0) is 28.1. The summed E-state index contributed by atoms with van der Waals surface area (Å²) >= 11 is 13.5. The summed E-state index contributed by atoms with van der Waals surface area (Å²) in [6.07, 6.45) is 4.44. The number of ketones is 1. The molecular formula is C31H28Cl2N2O4S. The number of sulfone groups is 1. The van der Waals surface area contributed by atoms with Crippen LogP contribution in [0.2, 0.25) is 10.0 Å². The van der Waals surface area contributed by atoms with Crippen molar-refractivity contribution in [2.75, 3.05) is 5.75 Å². The molecular weight excluding hydrogens is 567 g/mol. The van der Waals surface area contributed by atoms with Crippen LogP contribution >= 0.6 is 23.2 Å². The standard InChI is InChI=1S/C31H28Cl2N2O4S/c1-2-40(37,38)25-11-3-19(4-12-25)15-24(36)16-20-17-26(32)28(27(33)18-20)31(13-14-31)30-34-29(39-35-30)23-9-7-22(8-10-23)21-5-6-21/h3-4,7-12,17-18,21H,2,5-6,13-16H2,1H3. The number of carbonyl (C=O) groups excluding carboxylic acids is 1. The molecule has 0 bridgehead atoms. The predicted molar refractivity (Wildman–Crippen MR) is 155 cm³/mol. The number of halogens is 2. The summed E-state index contributed by atoms with van der Waals surface area (Å²) in [4.78, 5) is 17.8. The van der Waals surface area contributed by atoms with E-state index in [9.17, 15) is 13.2 Å². The van der Waals surface area contributed by atoms with Crippen LogP contribution in [0.15, 0.2) is 70.1 Å². The first kappa shape index (κ1) is 27.2. The molecule has 9 heteroatoms. The molecule has 3 aromatic carbocycles. The van der Waals surface area contributed by atoms with E-state index in [1.807, 2.05) is 12.1 Å². The van der Waals surface area contributed by atoms with Gasteiger partial charge in [0.05, 0.1) is 16.1 Å². The van der Waals surface area contributed by atoms with Crippen molar-refractivity contribution in [3.05, 3.63) is 98.8 Å². The van der Waals surface area contributed by atoms with E-state index < -0.39 is 15.3 Å². The van der Waals surface area contributed by atoms with Crippen LogP contribution in [-0.4, -0.2) is 30.1 Å². The SMILES string of the molecule is CCS(=O)(=O)c1ccc(CC(=O)Cc2cc(Cl)c(C3(c4noc(-c5ccc(C6CC6)cc5)n4)CC3)c(Cl)c2)cc1. The lowest BCUT2D eigenvalue weighted by Crippen LogP contribution is -2.13. The fraction of sp³-hybridized carbons (Fsp3) is 0.323. The van der Waals surface area contributed by atoms with E-state index >= 15 is 0 Å². The molecule has 2 fully saturated rings. The Labute approximate surface area is 243 Å². The zero-order valence-corrected chi connectivity index (χ0v) is 24.3. The average Bonchev–Trinajstić information content (AvgIpc) is 3.87. The fourth-order valence-electron chi connectivity index (χ4n) is 5.24. The van der Waals surface area contributed by atoms with Gasteiger partial charge in [0.15, 0.2) is 15.7 Å². The number of benzene rings is 3. The van der Waals surface area contributed by atoms with E-state index in [1.165, 1.54) is 18.4 Å². The van der Waals surface area contributed by atoms with Gasteiger partial charge in [0, 0.05) is 34.0 Å². The summed E-state index contributed by atoms with van der Waals surface area (Å²) in [5, 5.41) is 5.25. The number of carbonyl (C=O) groups is 1. The monoisotopic (exact) mass is 594 g/mol. The van der Waals surface area contributed by atoms with Crippen LogP contribution in [0.3, 0.4) is 0 Å². The Morgan fingerprint density at radius 1 is 0.950 bits per heavy atom. The minimum absolute atomic E-state index is 0.0253. The topological polar surface area (TPSA) is 90.1 Å². The molecule has 0 saturated heterocycles. The molecule has 0 radical (unpaired) electrons. The molecule has 0 aliphatic heterocycles. The van der Waals surface area contributed by atoms with Crippen LogP contribution in [-0.2, 0) is 32.9 Å². The van der Waals surface area contributed by atoms with E-state index in [2.05, 4.69) is 17.3 Å². The first-order valence-electron chi connectivity index (χ1n) is 13.4. The lowest BCUT2D eigenvalue weighted by Gasteiger charge is -2.17. The highest BCUT2D eigenvalue weighted by atomic mass is 35.5. The van der Waals surface area contributed by atoms with Gasteiger partial charge in [-0.3, -0.25) is 4.79 Å². The van der Waals surface area contributed by atoms with Crippen molar-refractivity contribution in [3.8, 4) is 11.5 Å². The van der Waals surface area contributed by atoms with Crippen LogP contribution in [0.4, 0.5) is 0 Å². The molecule has 2 saturated carbocycles. The highest BCUT2D eigenvalue weighted by Gasteiger charge is 2.52. The molecule has 4 aromatic rings. The third kappa shape index (κ3) is 5.35. The number of nitrogens with zero attached hydrogens (tertiary/aromatic N) is 2. The minimum atomic E-state index is -3.28. The molecule has 0 N–H and O–H groups in total. The van der Waals surface area contributed by atoms with Gasteiger partial charge in [-0.2, -0.15) is 4.98 Å². The zero-order valence-electron chi connectivity index (χ0n) is 22.0. The number of Topliss-reactive ketones (excluding diaryl/α,β-unsaturated/α-hetero) is 1. The van der Waals surface area contributed by atoms with E-state index in [0.717, 1.165) is 29.5 Å². The van der Waals surface area contributed by atoms with Crippen molar-refractivity contribution in [2.45, 2.75) is 61.7 Å². The average molecular weight is 596 g/mol. The second-order valence-corrected chi connectivity index (χ2v) is 13.9. The molecule has 2 aliphatic rings. The fourth-order valence-corrected chi connectivity index (χ4v) is 7.02. The highest BCUT2D eigenvalue weighted by Crippen LogP contribution is 2.56. The summed E-state index contributed by atoms with van der Waals surface area (Å²) in [7, 11) is -3.28. The maximum atomic E-state index is 12.8. The predicted octanol–water partition coefficient (Wildman–Crippen LogP) is 7.15. The van der Waals surface area contributed by atoms with Crippen molar-refractivity contribution in [1.29, 1.82) is 0 Å². The number of rotatable bonds is 10. The molecule has 0 unspecified atom stereocenters. The summed E-state index contributed by atoms with van der Waals surface area (Å²) in [5.41, 5.74) is 3.95. The summed E-state index contributed by atoms with van der Waals surface area (Å²) in [6, 6.07) is 18.3. The molecule has 0 atom stereocenters. The largest absolute Gasteiger partial charge is 0.334 e. The second-order valence-electron chi connectivity index (χ2n) is 10.8. The van der Waals surface area contributed by atoms with Crippen molar-refractivity contribution in [1.82, 2.24) is 10.1 Å². The van der Waals surface area contributed by atoms with Gasteiger partial charge >= 0.3 is 0 Å². The Morgan fingerprint density at radius 2 is 1.57 bits per heavy atom. The third-order valence-electron chi connectivity index (χ3n) is 7.86. The third-order valence-corrected chi connectivity index (χ3v) is 10.2. The Balaban J connectivity index is 1.17. The van der Waals surface area contributed by atoms with E-state index in [4.69, 9.17) is 32.7 Å². The summed E-state index contributed by atoms with van der Waals surface area (Å²) in [5.74, 6) is 1.73. The molecule has 0 amide bonds. The van der Waals surface area contributed by atoms with Gasteiger partial charge in [-0.1, -0.05) is 59.5 Å².